The van der Waals surface area contributed by atoms with Gasteiger partial charge in [-0.3, -0.25) is 13.9 Å². The van der Waals surface area contributed by atoms with Crippen molar-refractivity contribution in [2.24, 2.45) is 0 Å². The molecule has 0 bridgehead atoms. The highest BCUT2D eigenvalue weighted by Gasteiger charge is 2.33. The smallest absolute Gasteiger partial charge is 0.414 e. The number of hydrogen-bond donors (Lipinski definition) is 0. The molecule has 0 N–H and O–H groups in total. The predicted octanol–water partition coefficient (Wildman–Crippen LogP) is 1.16. The van der Waals surface area contributed by atoms with Crippen molar-refractivity contribution in [1.29, 1.82) is 0 Å². The van der Waals surface area contributed by atoms with E-state index in [9.17, 15) is 18.0 Å². The minimum Gasteiger partial charge on any atom is -0.441 e. The Morgan fingerprint density at radius 3 is 2.32 bits per heavy atom. The molecule has 9 heteroatoms. The fourth-order valence-electron chi connectivity index (χ4n) is 2.88. The first-order valence-electron chi connectivity index (χ1n) is 8.01. The number of benzene rings is 1. The number of nitrogens with zero attached hydrogens (tertiary/aromatic N) is 2. The van der Waals surface area contributed by atoms with Crippen LogP contribution in [0.2, 0.25) is 0 Å². The highest BCUT2D eigenvalue weighted by molar-refractivity contribution is 7.85. The number of piperidine rings is 1. The Morgan fingerprint density at radius 1 is 1.12 bits per heavy atom. The maximum Gasteiger partial charge on any atom is 0.414 e. The van der Waals surface area contributed by atoms with Gasteiger partial charge in [0.05, 0.1) is 12.8 Å². The number of anilines is 2. The zero-order valence-electron chi connectivity index (χ0n) is 13.9. The van der Waals surface area contributed by atoms with E-state index >= 15 is 0 Å². The van der Waals surface area contributed by atoms with Crippen molar-refractivity contribution in [3.63, 3.8) is 0 Å². The summed E-state index contributed by atoms with van der Waals surface area (Å²) < 4.78 is 31.9. The Hall–Kier alpha value is -2.13. The van der Waals surface area contributed by atoms with E-state index in [0.717, 1.165) is 11.9 Å². The zero-order chi connectivity index (χ0) is 18.0. The van der Waals surface area contributed by atoms with Crippen LogP contribution in [0.4, 0.5) is 16.2 Å². The quantitative estimate of drug-likeness (QED) is 0.720. The summed E-state index contributed by atoms with van der Waals surface area (Å²) in [5.74, 6) is 0.287. The summed E-state index contributed by atoms with van der Waals surface area (Å²) in [5.41, 5.74) is 1.67. The zero-order valence-corrected chi connectivity index (χ0v) is 14.7. The van der Waals surface area contributed by atoms with Crippen molar-refractivity contribution in [2.75, 3.05) is 42.3 Å². The number of ketones is 1. The Bertz CT molecular complexity index is 751. The molecule has 8 nitrogen and oxygen atoms in total. The van der Waals surface area contributed by atoms with Gasteiger partial charge < -0.3 is 9.64 Å². The lowest BCUT2D eigenvalue weighted by molar-refractivity contribution is -0.119. The number of ether oxygens (including phenoxy) is 1. The van der Waals surface area contributed by atoms with Crippen molar-refractivity contribution in [2.45, 2.75) is 18.9 Å². The van der Waals surface area contributed by atoms with Crippen LogP contribution >= 0.6 is 0 Å². The van der Waals surface area contributed by atoms with Gasteiger partial charge in [-0.1, -0.05) is 0 Å². The molecule has 1 aromatic rings. The van der Waals surface area contributed by atoms with Gasteiger partial charge in [-0.15, -0.1) is 0 Å². The van der Waals surface area contributed by atoms with Crippen LogP contribution in [-0.4, -0.2) is 58.9 Å². The van der Waals surface area contributed by atoms with Crippen LogP contribution < -0.4 is 9.80 Å². The van der Waals surface area contributed by atoms with Crippen molar-refractivity contribution >= 4 is 33.4 Å². The minimum absolute atomic E-state index is 0.193. The molecule has 0 unspecified atom stereocenters. The molecule has 1 atom stereocenters. The molecule has 2 aliphatic heterocycles. The van der Waals surface area contributed by atoms with E-state index in [2.05, 4.69) is 9.08 Å². The lowest BCUT2D eigenvalue weighted by Crippen LogP contribution is -2.33. The molecule has 0 aromatic heterocycles. The lowest BCUT2D eigenvalue weighted by Gasteiger charge is -2.28. The second kappa shape index (κ2) is 7.01. The summed E-state index contributed by atoms with van der Waals surface area (Å²) in [4.78, 5) is 26.9. The Morgan fingerprint density at radius 2 is 1.72 bits per heavy atom. The summed E-state index contributed by atoms with van der Waals surface area (Å²) in [5, 5.41) is 0. The van der Waals surface area contributed by atoms with Gasteiger partial charge in [-0.25, -0.2) is 4.79 Å². The van der Waals surface area contributed by atoms with Gasteiger partial charge in [0.1, 0.15) is 18.5 Å². The third kappa shape index (κ3) is 4.49. The maximum absolute atomic E-state index is 12.0. The second-order valence-electron chi connectivity index (χ2n) is 6.15. The Kier molecular flexibility index (Phi) is 4.96. The summed E-state index contributed by atoms with van der Waals surface area (Å²) in [6, 6.07) is 7.43. The third-order valence-corrected chi connectivity index (χ3v) is 4.75. The van der Waals surface area contributed by atoms with Crippen molar-refractivity contribution < 1.29 is 26.9 Å². The van der Waals surface area contributed by atoms with Crippen molar-refractivity contribution in [3.8, 4) is 0 Å². The van der Waals surface area contributed by atoms with Crippen molar-refractivity contribution in [3.05, 3.63) is 24.3 Å². The van der Waals surface area contributed by atoms with E-state index in [0.29, 0.717) is 31.6 Å². The molecule has 2 saturated heterocycles. The average Bonchev–Trinajstić information content (AvgIpc) is 2.94. The van der Waals surface area contributed by atoms with Crippen LogP contribution in [0.1, 0.15) is 12.8 Å². The van der Waals surface area contributed by atoms with Crippen LogP contribution in [0.3, 0.4) is 0 Å². The summed E-state index contributed by atoms with van der Waals surface area (Å²) in [7, 11) is -3.57. The summed E-state index contributed by atoms with van der Waals surface area (Å²) in [6.45, 7) is 1.44. The number of amides is 1. The van der Waals surface area contributed by atoms with Gasteiger partial charge in [0.2, 0.25) is 0 Å². The third-order valence-electron chi connectivity index (χ3n) is 4.19. The molecular weight excluding hydrogens is 348 g/mol. The number of Topliss-reactive ketones (excluding diaryl/α,β-unsaturated/α-hetero) is 1. The number of cyclic esters (lactones) is 1. The fourth-order valence-corrected chi connectivity index (χ4v) is 3.28. The Balaban J connectivity index is 1.62. The first kappa shape index (κ1) is 17.7. The molecule has 136 valence electrons. The molecule has 0 spiro atoms. The topological polar surface area (TPSA) is 93.2 Å². The lowest BCUT2D eigenvalue weighted by atomic mass is 10.1. The van der Waals surface area contributed by atoms with E-state index in [1.54, 1.807) is 0 Å². The average molecular weight is 368 g/mol. The van der Waals surface area contributed by atoms with Crippen LogP contribution in [0, 0.1) is 0 Å². The van der Waals surface area contributed by atoms with Crippen molar-refractivity contribution in [1.82, 2.24) is 0 Å². The number of carbonyl (C=O) groups excluding carboxylic acids is 2. The van der Waals surface area contributed by atoms with E-state index < -0.39 is 22.3 Å². The fraction of sp³-hybridized carbons (Fsp3) is 0.500. The molecule has 25 heavy (non-hydrogen) atoms. The van der Waals surface area contributed by atoms with Crippen LogP contribution in [0.15, 0.2) is 24.3 Å². The van der Waals surface area contributed by atoms with Gasteiger partial charge in [-0.05, 0) is 24.3 Å². The first-order chi connectivity index (χ1) is 11.8. The number of carbonyl (C=O) groups is 2. The predicted molar refractivity (Wildman–Crippen MR) is 91.3 cm³/mol. The highest BCUT2D eigenvalue weighted by atomic mass is 32.2. The minimum atomic E-state index is -3.57. The van der Waals surface area contributed by atoms with Gasteiger partial charge in [0, 0.05) is 37.3 Å². The van der Waals surface area contributed by atoms with Gasteiger partial charge in [0.15, 0.2) is 0 Å². The SMILES string of the molecule is CS(=O)(=O)OC[C@H]1CN(c2ccc(N3CCC(=O)CC3)cc2)C(=O)O1. The van der Waals surface area contributed by atoms with Crippen LogP contribution in [0.5, 0.6) is 0 Å². The van der Waals surface area contributed by atoms with Gasteiger partial charge in [0.25, 0.3) is 10.1 Å². The summed E-state index contributed by atoms with van der Waals surface area (Å²) in [6.07, 6.45) is 0.909. The van der Waals surface area contributed by atoms with E-state index in [-0.39, 0.29) is 18.9 Å². The molecule has 2 fully saturated rings. The Labute approximate surface area is 146 Å². The first-order valence-corrected chi connectivity index (χ1v) is 9.83. The summed E-state index contributed by atoms with van der Waals surface area (Å²) >= 11 is 0. The van der Waals surface area contributed by atoms with E-state index in [1.807, 2.05) is 24.3 Å². The van der Waals surface area contributed by atoms with E-state index in [4.69, 9.17) is 4.74 Å². The van der Waals surface area contributed by atoms with Gasteiger partial charge in [-0.2, -0.15) is 8.42 Å². The van der Waals surface area contributed by atoms with Crippen LogP contribution in [-0.2, 0) is 23.8 Å². The number of rotatable bonds is 5. The maximum atomic E-state index is 12.0. The standard InChI is InChI=1S/C16H20N2O6S/c1-25(21,22)23-11-15-10-18(16(20)24-15)13-4-2-12(3-5-13)17-8-6-14(19)7-9-17/h2-5,15H,6-11H2,1H3/t15-/m1/s1. The molecule has 2 aliphatic rings. The normalized spacial score (nSPS) is 21.6. The molecule has 0 radical (unpaired) electrons. The molecule has 0 aliphatic carbocycles. The molecule has 1 amide bonds. The van der Waals surface area contributed by atoms with Crippen LogP contribution in [0.25, 0.3) is 0 Å². The monoisotopic (exact) mass is 368 g/mol. The highest BCUT2D eigenvalue weighted by Crippen LogP contribution is 2.26. The molecular formula is C16H20N2O6S. The van der Waals surface area contributed by atoms with E-state index in [1.165, 1.54) is 4.90 Å². The molecule has 0 saturated carbocycles. The van der Waals surface area contributed by atoms with Gasteiger partial charge >= 0.3 is 6.09 Å². The second-order valence-corrected chi connectivity index (χ2v) is 7.79. The molecule has 2 heterocycles. The molecule has 1 aromatic carbocycles. The molecule has 3 rings (SSSR count). The largest absolute Gasteiger partial charge is 0.441 e. The number of hydrogen-bond acceptors (Lipinski definition) is 7.